The van der Waals surface area contributed by atoms with E-state index in [0.717, 1.165) is 24.3 Å². The molecule has 0 bridgehead atoms. The van der Waals surface area contributed by atoms with Crippen molar-refractivity contribution in [3.05, 3.63) is 80.9 Å². The average Bonchev–Trinajstić information content (AvgIpc) is 3.37. The molecular weight excluding hydrogens is 706 g/mol. The van der Waals surface area contributed by atoms with Gasteiger partial charge in [-0.05, 0) is 0 Å². The van der Waals surface area contributed by atoms with E-state index in [9.17, 15) is 52.7 Å². The van der Waals surface area contributed by atoms with Crippen LogP contribution in [0, 0.1) is 0 Å². The van der Waals surface area contributed by atoms with Crippen molar-refractivity contribution < 1.29 is 68.2 Å². The van der Waals surface area contributed by atoms with Gasteiger partial charge in [-0.1, -0.05) is 0 Å². The monoisotopic (exact) mass is 721 g/mol. The van der Waals surface area contributed by atoms with Crippen molar-refractivity contribution in [1.29, 1.82) is 0 Å². The van der Waals surface area contributed by atoms with Crippen LogP contribution >= 0.6 is 17.0 Å². The Morgan fingerprint density at radius 1 is 0.575 bits per heavy atom. The van der Waals surface area contributed by atoms with Gasteiger partial charge in [0.15, 0.2) is 0 Å². The van der Waals surface area contributed by atoms with Gasteiger partial charge in [0.2, 0.25) is 0 Å². The first-order valence-electron chi connectivity index (χ1n) is 11.5. The fourth-order valence-corrected chi connectivity index (χ4v) is 35.9. The Bertz CT molecular complexity index is 1330. The molecule has 2 aliphatic carbocycles. The van der Waals surface area contributed by atoms with Gasteiger partial charge in [0.05, 0.1) is 0 Å². The fourth-order valence-electron chi connectivity index (χ4n) is 5.81. The summed E-state index contributed by atoms with van der Waals surface area (Å²) in [4.78, 5) is 0. The van der Waals surface area contributed by atoms with E-state index in [1.807, 2.05) is 0 Å². The van der Waals surface area contributed by atoms with E-state index >= 15 is 0 Å². The van der Waals surface area contributed by atoms with Gasteiger partial charge in [0.25, 0.3) is 0 Å². The van der Waals surface area contributed by atoms with Crippen LogP contribution in [0.4, 0.5) is 52.7 Å². The summed E-state index contributed by atoms with van der Waals surface area (Å²) in [6.07, 6.45) is -20.6. The molecule has 0 N–H and O–H groups in total. The molecule has 16 heteroatoms. The quantitative estimate of drug-likeness (QED) is 0.219. The second-order valence-electron chi connectivity index (χ2n) is 10.1. The third kappa shape index (κ3) is 4.82. The van der Waals surface area contributed by atoms with E-state index in [1.54, 1.807) is 0 Å². The molecule has 2 aromatic rings. The van der Waals surface area contributed by atoms with Gasteiger partial charge < -0.3 is 0 Å². The summed E-state index contributed by atoms with van der Waals surface area (Å²) in [5.41, 5.74) is -9.35. The predicted octanol–water partition coefficient (Wildman–Crippen LogP) is 10.4. The van der Waals surface area contributed by atoms with Gasteiger partial charge in [-0.25, -0.2) is 0 Å². The molecule has 0 fully saturated rings. The third-order valence-corrected chi connectivity index (χ3v) is 59.2. The van der Waals surface area contributed by atoms with Crippen LogP contribution in [-0.4, -0.2) is 18.3 Å². The maximum atomic E-state index is 14.5. The normalized spacial score (nSPS) is 21.1. The van der Waals surface area contributed by atoms with Crippen molar-refractivity contribution in [2.75, 3.05) is 0 Å². The van der Waals surface area contributed by atoms with Crippen molar-refractivity contribution in [3.63, 3.8) is 0 Å². The first kappa shape index (κ1) is 31.7. The average molecular weight is 724 g/mol. The molecule has 0 amide bonds. The Morgan fingerprint density at radius 2 is 0.900 bits per heavy atom. The molecule has 0 saturated heterocycles. The van der Waals surface area contributed by atoms with E-state index in [0.29, 0.717) is 12.1 Å². The molecule has 0 aliphatic heterocycles. The molecule has 2 atom stereocenters. The molecular formula is C24H17Cl2F12SiZr. The van der Waals surface area contributed by atoms with Crippen molar-refractivity contribution in [1.82, 2.24) is 0 Å². The molecule has 2 unspecified atom stereocenters. The zero-order valence-electron chi connectivity index (χ0n) is 20.1. The standard InChI is InChI=1S/2C11H5F6.C2H7Si.2ClH.Zr/c2*12-10(13,14)7-4-6-2-1-3-9(8(6)5-7)11(15,16)17;1-3-2;;;/h2*1-5H;3H,1-2H3;2*1H;/q;;;;;+2/p-2. The minimum absolute atomic E-state index is 0.205. The van der Waals surface area contributed by atoms with Gasteiger partial charge in [0, 0.05) is 0 Å². The van der Waals surface area contributed by atoms with E-state index in [2.05, 4.69) is 0 Å². The first-order valence-corrected chi connectivity index (χ1v) is 27.8. The van der Waals surface area contributed by atoms with Crippen molar-refractivity contribution in [3.8, 4) is 0 Å². The Kier molecular flexibility index (Phi) is 7.43. The summed E-state index contributed by atoms with van der Waals surface area (Å²) < 4.78 is 165. The van der Waals surface area contributed by atoms with Crippen LogP contribution in [0.1, 0.15) is 40.6 Å². The predicted molar refractivity (Wildman–Crippen MR) is 127 cm³/mol. The molecule has 0 saturated carbocycles. The molecule has 0 heterocycles. The van der Waals surface area contributed by atoms with E-state index in [-0.39, 0.29) is 12.2 Å². The summed E-state index contributed by atoms with van der Waals surface area (Å²) in [6.45, 7) is 2.56. The Labute approximate surface area is 228 Å². The number of allylic oxidation sites excluding steroid dienone is 2. The number of halogens is 14. The molecule has 0 aromatic heterocycles. The summed E-state index contributed by atoms with van der Waals surface area (Å²) in [5, 5.41) is 0. The van der Waals surface area contributed by atoms with Crippen molar-refractivity contribution in [2.24, 2.45) is 0 Å². The van der Waals surface area contributed by atoms with Crippen LogP contribution in [0.3, 0.4) is 0 Å². The number of rotatable bonds is 3. The van der Waals surface area contributed by atoms with Crippen molar-refractivity contribution in [2.45, 2.75) is 45.1 Å². The van der Waals surface area contributed by atoms with Crippen LogP contribution in [0.2, 0.25) is 13.1 Å². The van der Waals surface area contributed by atoms with Gasteiger partial charge >= 0.3 is 229 Å². The van der Waals surface area contributed by atoms with E-state index in [4.69, 9.17) is 17.0 Å². The second-order valence-corrected chi connectivity index (χ2v) is 52.6. The van der Waals surface area contributed by atoms with Crippen LogP contribution in [0.5, 0.6) is 0 Å². The third-order valence-electron chi connectivity index (χ3n) is 7.60. The molecule has 219 valence electrons. The summed E-state index contributed by atoms with van der Waals surface area (Å²) >= 11 is -7.01. The number of fused-ring (bicyclic) bond motifs is 2. The summed E-state index contributed by atoms with van der Waals surface area (Å²) in [7, 11) is 14.3. The minimum atomic E-state index is -7.01. The number of alkyl halides is 12. The van der Waals surface area contributed by atoms with Crippen LogP contribution in [0.25, 0.3) is 12.2 Å². The molecule has 4 rings (SSSR count). The molecule has 0 radical (unpaired) electrons. The van der Waals surface area contributed by atoms with Gasteiger partial charge in [0.1, 0.15) is 0 Å². The topological polar surface area (TPSA) is 0 Å². The van der Waals surface area contributed by atoms with Crippen LogP contribution in [-0.2, 0) is 27.9 Å². The van der Waals surface area contributed by atoms with Crippen LogP contribution < -0.4 is 0 Å². The van der Waals surface area contributed by atoms with E-state index in [1.165, 1.54) is 13.1 Å². The van der Waals surface area contributed by atoms with Gasteiger partial charge in [-0.15, -0.1) is 0 Å². The number of benzene rings is 2. The zero-order valence-corrected chi connectivity index (χ0v) is 25.3. The summed E-state index contributed by atoms with van der Waals surface area (Å²) in [5.74, 6) is -3.18. The van der Waals surface area contributed by atoms with Crippen LogP contribution in [0.15, 0.2) is 47.5 Å². The maximum absolute atomic E-state index is 14.5. The Balaban J connectivity index is 2.15. The second kappa shape index (κ2) is 9.38. The van der Waals surface area contributed by atoms with Gasteiger partial charge in [-0.3, -0.25) is 0 Å². The van der Waals surface area contributed by atoms with E-state index < -0.39 is 98.0 Å². The molecule has 0 spiro atoms. The number of hydrogen-bond donors (Lipinski definition) is 0. The Hall–Kier alpha value is -1.24. The molecule has 2 aliphatic rings. The zero-order chi connectivity index (χ0) is 30.5. The SMILES string of the molecule is C[SiH](C)[Zr]([Cl])([Cl])([CH]1C(C(F)(F)F)=Cc2c1cccc2C(F)(F)F)[CH]1C(C(F)(F)F)=Cc2c1cccc2C(F)(F)F. The fraction of sp³-hybridized carbons (Fsp3) is 0.333. The molecule has 2 aromatic carbocycles. The molecule has 40 heavy (non-hydrogen) atoms. The van der Waals surface area contributed by atoms with Gasteiger partial charge in [-0.2, -0.15) is 0 Å². The molecule has 0 nitrogen and oxygen atoms in total. The first-order chi connectivity index (χ1) is 17.9. The number of hydrogen-bond acceptors (Lipinski definition) is 0. The Morgan fingerprint density at radius 3 is 1.15 bits per heavy atom. The summed E-state index contributed by atoms with van der Waals surface area (Å²) in [6, 6.07) is 4.45. The van der Waals surface area contributed by atoms with Crippen molar-refractivity contribution >= 4 is 35.1 Å².